The first-order valence-corrected chi connectivity index (χ1v) is 6.88. The van der Waals surface area contributed by atoms with Crippen LogP contribution >= 0.6 is 0 Å². The van der Waals surface area contributed by atoms with E-state index in [1.165, 1.54) is 19.0 Å². The first-order valence-electron chi connectivity index (χ1n) is 6.88. The van der Waals surface area contributed by atoms with Crippen LogP contribution < -0.4 is 11.1 Å². The predicted octanol–water partition coefficient (Wildman–Crippen LogP) is 1.48. The van der Waals surface area contributed by atoms with Gasteiger partial charge in [-0.25, -0.2) is 0 Å². The summed E-state index contributed by atoms with van der Waals surface area (Å²) < 4.78 is 0. The van der Waals surface area contributed by atoms with Crippen LogP contribution in [0.25, 0.3) is 0 Å². The van der Waals surface area contributed by atoms with Gasteiger partial charge in [0.25, 0.3) is 5.91 Å². The average Bonchev–Trinajstić information content (AvgIpc) is 3.29. The van der Waals surface area contributed by atoms with E-state index in [4.69, 9.17) is 10.9 Å². The molecular formula is C14H20N4O2. The number of nitrogens with two attached hydrogens (primary N) is 1. The smallest absolute Gasteiger partial charge is 0.270 e. The van der Waals surface area contributed by atoms with Crippen molar-refractivity contribution in [1.82, 2.24) is 10.3 Å². The number of amides is 1. The third kappa shape index (κ3) is 3.69. The second-order valence-corrected chi connectivity index (χ2v) is 5.18. The van der Waals surface area contributed by atoms with Gasteiger partial charge >= 0.3 is 0 Å². The van der Waals surface area contributed by atoms with E-state index in [0.717, 1.165) is 18.8 Å². The fourth-order valence-electron chi connectivity index (χ4n) is 2.08. The van der Waals surface area contributed by atoms with Crippen LogP contribution in [0.4, 0.5) is 0 Å². The lowest BCUT2D eigenvalue weighted by Crippen LogP contribution is -2.35. The minimum absolute atomic E-state index is 0.0235. The molecule has 1 heterocycles. The normalized spacial score (nSPS) is 16.8. The standard InChI is InChI=1S/C14H20N4O2/c1-2-11(7-9-3-4-9)17-14(19)12-6-5-10(8-16-12)13(15)18-20/h5-6,8-9,11,20H,2-4,7H2,1H3,(H2,15,18)(H,17,19). The highest BCUT2D eigenvalue weighted by Crippen LogP contribution is 2.34. The Balaban J connectivity index is 1.97. The maximum atomic E-state index is 12.1. The largest absolute Gasteiger partial charge is 0.409 e. The Morgan fingerprint density at radius 2 is 2.35 bits per heavy atom. The van der Waals surface area contributed by atoms with Crippen LogP contribution in [-0.2, 0) is 0 Å². The summed E-state index contributed by atoms with van der Waals surface area (Å²) in [5, 5.41) is 14.5. The van der Waals surface area contributed by atoms with Crippen molar-refractivity contribution in [3.8, 4) is 0 Å². The maximum absolute atomic E-state index is 12.1. The fraction of sp³-hybridized carbons (Fsp3) is 0.500. The van der Waals surface area contributed by atoms with Crippen molar-refractivity contribution in [2.45, 2.75) is 38.6 Å². The molecule has 6 nitrogen and oxygen atoms in total. The number of pyridine rings is 1. The molecule has 1 saturated carbocycles. The van der Waals surface area contributed by atoms with E-state index in [-0.39, 0.29) is 17.8 Å². The molecule has 1 aromatic rings. The van der Waals surface area contributed by atoms with Gasteiger partial charge in [-0.2, -0.15) is 0 Å². The van der Waals surface area contributed by atoms with Crippen LogP contribution in [0.1, 0.15) is 48.7 Å². The first kappa shape index (κ1) is 14.3. The van der Waals surface area contributed by atoms with Gasteiger partial charge in [0.2, 0.25) is 0 Å². The second kappa shape index (κ2) is 6.36. The number of rotatable bonds is 6. The average molecular weight is 276 g/mol. The summed E-state index contributed by atoms with van der Waals surface area (Å²) in [6.07, 6.45) is 5.94. The summed E-state index contributed by atoms with van der Waals surface area (Å²) in [5.41, 5.74) is 6.27. The van der Waals surface area contributed by atoms with Gasteiger partial charge in [-0.3, -0.25) is 9.78 Å². The van der Waals surface area contributed by atoms with E-state index in [1.54, 1.807) is 12.1 Å². The molecule has 1 aliphatic rings. The number of hydrogen-bond acceptors (Lipinski definition) is 4. The molecule has 1 fully saturated rings. The van der Waals surface area contributed by atoms with Crippen molar-refractivity contribution in [2.75, 3.05) is 0 Å². The molecule has 0 bridgehead atoms. The number of amidine groups is 1. The van der Waals surface area contributed by atoms with E-state index in [1.807, 2.05) is 0 Å². The molecule has 2 rings (SSSR count). The minimum Gasteiger partial charge on any atom is -0.409 e. The highest BCUT2D eigenvalue weighted by atomic mass is 16.4. The molecule has 1 atom stereocenters. The molecule has 0 aliphatic heterocycles. The van der Waals surface area contributed by atoms with Crippen LogP contribution in [0.15, 0.2) is 23.5 Å². The third-order valence-corrected chi connectivity index (χ3v) is 3.54. The fourth-order valence-corrected chi connectivity index (χ4v) is 2.08. The SMILES string of the molecule is CCC(CC1CC1)NC(=O)c1ccc(C(N)=NO)cn1. The molecule has 108 valence electrons. The minimum atomic E-state index is -0.177. The lowest BCUT2D eigenvalue weighted by molar-refractivity contribution is 0.0927. The van der Waals surface area contributed by atoms with Crippen LogP contribution in [0.3, 0.4) is 0 Å². The number of carbonyl (C=O) groups excluding carboxylic acids is 1. The third-order valence-electron chi connectivity index (χ3n) is 3.54. The quantitative estimate of drug-likeness (QED) is 0.317. The van der Waals surface area contributed by atoms with Gasteiger partial charge in [-0.15, -0.1) is 0 Å². The van der Waals surface area contributed by atoms with E-state index < -0.39 is 0 Å². The maximum Gasteiger partial charge on any atom is 0.270 e. The monoisotopic (exact) mass is 276 g/mol. The molecule has 1 aromatic heterocycles. The molecule has 1 unspecified atom stereocenters. The van der Waals surface area contributed by atoms with Crippen molar-refractivity contribution in [3.05, 3.63) is 29.6 Å². The van der Waals surface area contributed by atoms with E-state index in [0.29, 0.717) is 11.3 Å². The molecule has 0 spiro atoms. The summed E-state index contributed by atoms with van der Waals surface area (Å²) in [4.78, 5) is 16.1. The molecule has 0 radical (unpaired) electrons. The van der Waals surface area contributed by atoms with Gasteiger partial charge in [0, 0.05) is 17.8 Å². The van der Waals surface area contributed by atoms with Gasteiger partial charge in [0.15, 0.2) is 5.84 Å². The number of oxime groups is 1. The Kier molecular flexibility index (Phi) is 4.55. The molecule has 1 aliphatic carbocycles. The summed E-state index contributed by atoms with van der Waals surface area (Å²) in [5.74, 6) is 0.573. The molecular weight excluding hydrogens is 256 g/mol. The van der Waals surface area contributed by atoms with Gasteiger partial charge in [-0.1, -0.05) is 24.9 Å². The lowest BCUT2D eigenvalue weighted by Gasteiger charge is -2.16. The second-order valence-electron chi connectivity index (χ2n) is 5.18. The summed E-state index contributed by atoms with van der Waals surface area (Å²) in [7, 11) is 0. The first-order chi connectivity index (χ1) is 9.63. The topological polar surface area (TPSA) is 101 Å². The summed E-state index contributed by atoms with van der Waals surface area (Å²) in [6.45, 7) is 2.07. The van der Waals surface area contributed by atoms with Crippen molar-refractivity contribution in [2.24, 2.45) is 16.8 Å². The zero-order valence-corrected chi connectivity index (χ0v) is 11.5. The van der Waals surface area contributed by atoms with Crippen LogP contribution in [0.2, 0.25) is 0 Å². The van der Waals surface area contributed by atoms with Gasteiger partial charge in [0.05, 0.1) is 0 Å². The van der Waals surface area contributed by atoms with E-state index in [2.05, 4.69) is 22.4 Å². The number of carbonyl (C=O) groups is 1. The Morgan fingerprint density at radius 1 is 1.60 bits per heavy atom. The number of aromatic nitrogens is 1. The predicted molar refractivity (Wildman–Crippen MR) is 75.6 cm³/mol. The molecule has 0 aromatic carbocycles. The number of nitrogens with zero attached hydrogens (tertiary/aromatic N) is 2. The lowest BCUT2D eigenvalue weighted by atomic mass is 10.1. The Bertz CT molecular complexity index is 494. The summed E-state index contributed by atoms with van der Waals surface area (Å²) in [6, 6.07) is 3.39. The molecule has 4 N–H and O–H groups in total. The Labute approximate surface area is 118 Å². The van der Waals surface area contributed by atoms with Gasteiger partial charge in [0.1, 0.15) is 5.69 Å². The number of nitrogens with one attached hydrogen (secondary N) is 1. The van der Waals surface area contributed by atoms with Crippen molar-refractivity contribution >= 4 is 11.7 Å². The van der Waals surface area contributed by atoms with E-state index >= 15 is 0 Å². The number of hydrogen-bond donors (Lipinski definition) is 3. The zero-order valence-electron chi connectivity index (χ0n) is 11.5. The van der Waals surface area contributed by atoms with Crippen LogP contribution in [0, 0.1) is 5.92 Å². The molecule has 0 saturated heterocycles. The molecule has 1 amide bonds. The van der Waals surface area contributed by atoms with Gasteiger partial charge in [-0.05, 0) is 30.9 Å². The van der Waals surface area contributed by atoms with Crippen LogP contribution in [0.5, 0.6) is 0 Å². The Hall–Kier alpha value is -2.11. The molecule has 20 heavy (non-hydrogen) atoms. The Morgan fingerprint density at radius 3 is 2.85 bits per heavy atom. The van der Waals surface area contributed by atoms with Crippen LogP contribution in [-0.4, -0.2) is 28.0 Å². The zero-order chi connectivity index (χ0) is 14.5. The summed E-state index contributed by atoms with van der Waals surface area (Å²) >= 11 is 0. The van der Waals surface area contributed by atoms with Crippen molar-refractivity contribution in [3.63, 3.8) is 0 Å². The highest BCUT2D eigenvalue weighted by molar-refractivity contribution is 5.98. The van der Waals surface area contributed by atoms with E-state index in [9.17, 15) is 4.79 Å². The van der Waals surface area contributed by atoms with Crippen molar-refractivity contribution < 1.29 is 10.0 Å². The molecule has 6 heteroatoms. The highest BCUT2D eigenvalue weighted by Gasteiger charge is 2.25. The van der Waals surface area contributed by atoms with Gasteiger partial charge < -0.3 is 16.3 Å². The van der Waals surface area contributed by atoms with Crippen molar-refractivity contribution in [1.29, 1.82) is 0 Å².